The van der Waals surface area contributed by atoms with Crippen LogP contribution >= 0.6 is 0 Å². The van der Waals surface area contributed by atoms with Gasteiger partial charge in [0.15, 0.2) is 0 Å². The van der Waals surface area contributed by atoms with Crippen LogP contribution < -0.4 is 0 Å². The van der Waals surface area contributed by atoms with Crippen LogP contribution in [0, 0.1) is 0 Å². The number of amides is 2. The fourth-order valence-electron chi connectivity index (χ4n) is 2.57. The van der Waals surface area contributed by atoms with Crippen molar-refractivity contribution in [3.8, 4) is 0 Å². The molecule has 7 nitrogen and oxygen atoms in total. The van der Waals surface area contributed by atoms with Crippen molar-refractivity contribution in [3.63, 3.8) is 0 Å². The monoisotopic (exact) mass is 377 g/mol. The van der Waals surface area contributed by atoms with Crippen molar-refractivity contribution < 1.29 is 31.9 Å². The summed E-state index contributed by atoms with van der Waals surface area (Å²) in [5.41, 5.74) is 0. The summed E-state index contributed by atoms with van der Waals surface area (Å²) in [6.07, 6.45) is -3.19. The largest absolute Gasteiger partial charge is 0.467 e. The van der Waals surface area contributed by atoms with Crippen molar-refractivity contribution in [2.75, 3.05) is 53.0 Å². The molecule has 2 amide bonds. The molecule has 1 aromatic rings. The van der Waals surface area contributed by atoms with Crippen molar-refractivity contribution in [1.29, 1.82) is 0 Å². The summed E-state index contributed by atoms with van der Waals surface area (Å²) in [7, 11) is 1.52. The van der Waals surface area contributed by atoms with E-state index in [1.54, 1.807) is 11.0 Å². The zero-order valence-corrected chi connectivity index (χ0v) is 14.5. The summed E-state index contributed by atoms with van der Waals surface area (Å²) < 4.78 is 48.5. The summed E-state index contributed by atoms with van der Waals surface area (Å²) in [6.45, 7) is -0.153. The Kier molecular flexibility index (Phi) is 7.04. The second kappa shape index (κ2) is 9.04. The van der Waals surface area contributed by atoms with E-state index < -0.39 is 18.6 Å². The average Bonchev–Trinajstić information content (AvgIpc) is 3.06. The number of ether oxygens (including phenoxy) is 1. The highest BCUT2D eigenvalue weighted by Gasteiger charge is 2.33. The van der Waals surface area contributed by atoms with Crippen LogP contribution in [0.5, 0.6) is 0 Å². The average molecular weight is 377 g/mol. The molecule has 1 fully saturated rings. The number of furan rings is 1. The molecule has 2 heterocycles. The molecule has 10 heteroatoms. The maximum Gasteiger partial charge on any atom is 0.406 e. The Morgan fingerprint density at radius 1 is 1.23 bits per heavy atom. The number of carbonyl (C=O) groups excluding carboxylic acids is 2. The molecule has 1 saturated heterocycles. The smallest absolute Gasteiger partial charge is 0.406 e. The Bertz CT molecular complexity index is 586. The van der Waals surface area contributed by atoms with Crippen molar-refractivity contribution in [1.82, 2.24) is 14.7 Å². The zero-order valence-electron chi connectivity index (χ0n) is 14.5. The van der Waals surface area contributed by atoms with E-state index >= 15 is 0 Å². The predicted octanol–water partition coefficient (Wildman–Crippen LogP) is 0.961. The van der Waals surface area contributed by atoms with Gasteiger partial charge in [-0.15, -0.1) is 0 Å². The fraction of sp³-hybridized carbons (Fsp3) is 0.625. The van der Waals surface area contributed by atoms with E-state index in [2.05, 4.69) is 0 Å². The van der Waals surface area contributed by atoms with E-state index in [-0.39, 0.29) is 31.3 Å². The van der Waals surface area contributed by atoms with Gasteiger partial charge in [0.2, 0.25) is 11.8 Å². The second-order valence-electron chi connectivity index (χ2n) is 6.11. The topological polar surface area (TPSA) is 66.2 Å². The van der Waals surface area contributed by atoms with Crippen molar-refractivity contribution in [3.05, 3.63) is 24.2 Å². The van der Waals surface area contributed by atoms with E-state index in [1.807, 2.05) is 0 Å². The van der Waals surface area contributed by atoms with E-state index in [4.69, 9.17) is 9.15 Å². The second-order valence-corrected chi connectivity index (χ2v) is 6.11. The van der Waals surface area contributed by atoms with Crippen LogP contribution in [0.15, 0.2) is 22.8 Å². The van der Waals surface area contributed by atoms with Crippen LogP contribution in [0.25, 0.3) is 0 Å². The highest BCUT2D eigenvalue weighted by atomic mass is 19.4. The molecule has 0 N–H and O–H groups in total. The number of carbonyl (C=O) groups is 2. The maximum absolute atomic E-state index is 12.8. The highest BCUT2D eigenvalue weighted by Crippen LogP contribution is 2.18. The van der Waals surface area contributed by atoms with Crippen molar-refractivity contribution >= 4 is 11.8 Å². The minimum absolute atomic E-state index is 0.0493. The van der Waals surface area contributed by atoms with Crippen LogP contribution in [-0.4, -0.2) is 85.7 Å². The molecule has 146 valence electrons. The molecular weight excluding hydrogens is 355 g/mol. The Hall–Kier alpha value is -2.07. The molecule has 0 atom stereocenters. The normalized spacial score (nSPS) is 15.3. The Balaban J connectivity index is 1.90. The number of nitrogens with zero attached hydrogens (tertiary/aromatic N) is 3. The SMILES string of the molecule is CN(CC(=O)N1CCOCC1)CC(=O)N(Cc1ccco1)CC(F)(F)F. The molecule has 1 aromatic heterocycles. The number of likely N-dealkylation sites (N-methyl/N-ethyl adjacent to an activating group) is 1. The minimum Gasteiger partial charge on any atom is -0.467 e. The lowest BCUT2D eigenvalue weighted by molar-refractivity contribution is -0.163. The van der Waals surface area contributed by atoms with Gasteiger partial charge in [0.25, 0.3) is 0 Å². The molecule has 0 aromatic carbocycles. The predicted molar refractivity (Wildman–Crippen MR) is 85.1 cm³/mol. The summed E-state index contributed by atoms with van der Waals surface area (Å²) in [6, 6.07) is 3.04. The van der Waals surface area contributed by atoms with Gasteiger partial charge < -0.3 is 19.0 Å². The van der Waals surface area contributed by atoms with Gasteiger partial charge in [-0.05, 0) is 19.2 Å². The van der Waals surface area contributed by atoms with E-state index in [9.17, 15) is 22.8 Å². The van der Waals surface area contributed by atoms with Crippen LogP contribution in [0.3, 0.4) is 0 Å². The summed E-state index contributed by atoms with van der Waals surface area (Å²) >= 11 is 0. The van der Waals surface area contributed by atoms with Crippen LogP contribution in [0.1, 0.15) is 5.76 Å². The van der Waals surface area contributed by atoms with Gasteiger partial charge in [-0.3, -0.25) is 14.5 Å². The lowest BCUT2D eigenvalue weighted by Crippen LogP contribution is -2.48. The third kappa shape index (κ3) is 6.68. The molecule has 2 rings (SSSR count). The Morgan fingerprint density at radius 3 is 2.50 bits per heavy atom. The van der Waals surface area contributed by atoms with Crippen LogP contribution in [0.4, 0.5) is 13.2 Å². The molecule has 0 unspecified atom stereocenters. The van der Waals surface area contributed by atoms with Crippen molar-refractivity contribution in [2.24, 2.45) is 0 Å². The molecule has 1 aliphatic rings. The van der Waals surface area contributed by atoms with E-state index in [0.29, 0.717) is 31.2 Å². The zero-order chi connectivity index (χ0) is 19.2. The van der Waals surface area contributed by atoms with Gasteiger partial charge in [-0.1, -0.05) is 0 Å². The maximum atomic E-state index is 12.8. The molecule has 0 aliphatic carbocycles. The summed E-state index contributed by atoms with van der Waals surface area (Å²) in [4.78, 5) is 28.2. The number of hydrogen-bond acceptors (Lipinski definition) is 5. The first-order valence-electron chi connectivity index (χ1n) is 8.15. The molecular formula is C16H22F3N3O4. The molecule has 0 spiro atoms. The number of alkyl halides is 3. The van der Waals surface area contributed by atoms with Gasteiger partial charge in [0.05, 0.1) is 39.1 Å². The first-order valence-corrected chi connectivity index (χ1v) is 8.15. The quantitative estimate of drug-likeness (QED) is 0.708. The number of hydrogen-bond donors (Lipinski definition) is 0. The summed E-state index contributed by atoms with van der Waals surface area (Å²) in [5, 5.41) is 0. The molecule has 0 bridgehead atoms. The highest BCUT2D eigenvalue weighted by molar-refractivity contribution is 5.81. The van der Waals surface area contributed by atoms with Gasteiger partial charge in [-0.25, -0.2) is 0 Å². The lowest BCUT2D eigenvalue weighted by Gasteiger charge is -2.29. The van der Waals surface area contributed by atoms with Crippen LogP contribution in [-0.2, 0) is 20.9 Å². The number of halogens is 3. The summed E-state index contributed by atoms with van der Waals surface area (Å²) in [5.74, 6) is -0.650. The third-order valence-electron chi connectivity index (χ3n) is 3.82. The van der Waals surface area contributed by atoms with Crippen LogP contribution in [0.2, 0.25) is 0 Å². The van der Waals surface area contributed by atoms with E-state index in [1.165, 1.54) is 24.3 Å². The molecule has 0 saturated carbocycles. The lowest BCUT2D eigenvalue weighted by atomic mass is 10.3. The van der Waals surface area contributed by atoms with Gasteiger partial charge in [-0.2, -0.15) is 13.2 Å². The van der Waals surface area contributed by atoms with Gasteiger partial charge >= 0.3 is 6.18 Å². The first-order chi connectivity index (χ1) is 12.2. The Morgan fingerprint density at radius 2 is 1.92 bits per heavy atom. The minimum atomic E-state index is -4.52. The number of morpholine rings is 1. The van der Waals surface area contributed by atoms with Gasteiger partial charge in [0.1, 0.15) is 12.3 Å². The molecule has 26 heavy (non-hydrogen) atoms. The number of rotatable bonds is 7. The standard InChI is InChI=1S/C16H22F3N3O4/c1-20(10-14(23)21-4-7-25-8-5-21)11-15(24)22(12-16(17,18)19)9-13-3-2-6-26-13/h2-3,6H,4-5,7-12H2,1H3. The third-order valence-corrected chi connectivity index (χ3v) is 3.82. The molecule has 1 aliphatic heterocycles. The van der Waals surface area contributed by atoms with Crippen molar-refractivity contribution in [2.45, 2.75) is 12.7 Å². The Labute approximate surface area is 149 Å². The fourth-order valence-corrected chi connectivity index (χ4v) is 2.57. The molecule has 0 radical (unpaired) electrons. The van der Waals surface area contributed by atoms with E-state index in [0.717, 1.165) is 0 Å². The first kappa shape index (κ1) is 20.2. The van der Waals surface area contributed by atoms with Gasteiger partial charge in [0, 0.05) is 13.1 Å².